The number of likely N-dealkylation sites (N-methyl/N-ethyl adjacent to an activating group) is 1. The van der Waals surface area contributed by atoms with Crippen molar-refractivity contribution in [2.24, 2.45) is 23.7 Å². The second kappa shape index (κ2) is 15.0. The lowest BCUT2D eigenvalue weighted by atomic mass is 9.84. The fraction of sp³-hybridized carbons (Fsp3) is 0.862. The predicted molar refractivity (Wildman–Crippen MR) is 152 cm³/mol. The summed E-state index contributed by atoms with van der Waals surface area (Å²) in [5.74, 6) is -1.75. The van der Waals surface area contributed by atoms with E-state index in [1.165, 1.54) is 18.7 Å². The molecule has 10 heteroatoms. The molecular weight excluding hydrogens is 500 g/mol. The van der Waals surface area contributed by atoms with Crippen LogP contribution < -0.4 is 16.0 Å². The van der Waals surface area contributed by atoms with Crippen LogP contribution in [0.1, 0.15) is 88.5 Å². The van der Waals surface area contributed by atoms with Crippen molar-refractivity contribution < 1.29 is 29.0 Å². The summed E-state index contributed by atoms with van der Waals surface area (Å²) in [6.07, 6.45) is 0.813. The van der Waals surface area contributed by atoms with Crippen LogP contribution in [0.5, 0.6) is 0 Å². The minimum Gasteiger partial charge on any atom is -0.391 e. The first-order chi connectivity index (χ1) is 18.0. The topological polar surface area (TPSA) is 140 Å². The molecule has 0 aliphatic carbocycles. The third-order valence-corrected chi connectivity index (χ3v) is 8.44. The Morgan fingerprint density at radius 3 is 1.77 bits per heavy atom. The minimum atomic E-state index is -1.21. The highest BCUT2D eigenvalue weighted by Gasteiger charge is 2.48. The molecule has 4 amide bonds. The Bertz CT molecular complexity index is 844. The molecule has 4 N–H and O–H groups in total. The zero-order valence-electron chi connectivity index (χ0n) is 26.0. The van der Waals surface area contributed by atoms with Gasteiger partial charge in [0.05, 0.1) is 18.3 Å². The van der Waals surface area contributed by atoms with Crippen molar-refractivity contribution in [1.29, 1.82) is 0 Å². The van der Waals surface area contributed by atoms with Gasteiger partial charge in [0.1, 0.15) is 18.1 Å². The van der Waals surface area contributed by atoms with Crippen molar-refractivity contribution in [3.8, 4) is 0 Å². The number of amides is 4. The van der Waals surface area contributed by atoms with Gasteiger partial charge in [-0.1, -0.05) is 61.3 Å². The number of rotatable bonds is 16. The fourth-order valence-corrected chi connectivity index (χ4v) is 4.79. The van der Waals surface area contributed by atoms with Crippen LogP contribution in [0.3, 0.4) is 0 Å². The van der Waals surface area contributed by atoms with E-state index in [1.54, 1.807) is 7.05 Å². The van der Waals surface area contributed by atoms with E-state index in [-0.39, 0.29) is 35.3 Å². The standard InChI is InChI=1S/C29H54N4O6/c1-12-17(5)23(31-28(38)25(18(6)13-2)33(11)21(9)35)26(36)32-24(20(8)34)27(37)30-22(14-16(3)4)19(7)29(10)15-39-29/h16-20,22-25,34H,12-15H2,1-11H3,(H,30,37)(H,31,38)(H,32,36)/t17-,18-,19?,20+,22?,23-,24?,25-,29-/m0/s1. The monoisotopic (exact) mass is 554 g/mol. The van der Waals surface area contributed by atoms with Gasteiger partial charge in [0, 0.05) is 25.9 Å². The fourth-order valence-electron chi connectivity index (χ4n) is 4.79. The van der Waals surface area contributed by atoms with E-state index in [0.29, 0.717) is 25.4 Å². The third-order valence-electron chi connectivity index (χ3n) is 8.44. The Morgan fingerprint density at radius 2 is 1.36 bits per heavy atom. The molecule has 1 heterocycles. The van der Waals surface area contributed by atoms with Crippen LogP contribution in [-0.2, 0) is 23.9 Å². The Morgan fingerprint density at radius 1 is 0.872 bits per heavy atom. The van der Waals surface area contributed by atoms with Crippen LogP contribution in [0.15, 0.2) is 0 Å². The maximum Gasteiger partial charge on any atom is 0.245 e. The van der Waals surface area contributed by atoms with Gasteiger partial charge in [-0.3, -0.25) is 19.2 Å². The molecule has 0 aromatic heterocycles. The van der Waals surface area contributed by atoms with E-state index in [9.17, 15) is 24.3 Å². The van der Waals surface area contributed by atoms with Gasteiger partial charge in [-0.25, -0.2) is 0 Å². The van der Waals surface area contributed by atoms with E-state index in [1.807, 2.05) is 41.5 Å². The lowest BCUT2D eigenvalue weighted by molar-refractivity contribution is -0.141. The second-order valence-electron chi connectivity index (χ2n) is 12.2. The molecule has 10 nitrogen and oxygen atoms in total. The normalized spacial score (nSPS) is 22.9. The average Bonchev–Trinajstić information content (AvgIpc) is 3.61. The number of carbonyl (C=O) groups is 4. The molecule has 3 unspecified atom stereocenters. The molecule has 1 saturated heterocycles. The zero-order chi connectivity index (χ0) is 30.2. The van der Waals surface area contributed by atoms with Crippen molar-refractivity contribution in [2.45, 2.75) is 124 Å². The summed E-state index contributed by atoms with van der Waals surface area (Å²) in [4.78, 5) is 53.7. The Hall–Kier alpha value is -2.20. The SMILES string of the molecule is CC[C@H](C)[C@H](NC(=O)[C@H]([C@@H](C)CC)N(C)C(C)=O)C(=O)NC(C(=O)NC(CC(C)C)C(C)[C@]1(C)CO1)[C@@H](C)O. The van der Waals surface area contributed by atoms with E-state index in [0.717, 1.165) is 6.42 Å². The molecule has 0 bridgehead atoms. The molecular formula is C29H54N4O6. The maximum atomic E-state index is 13.5. The molecule has 0 saturated carbocycles. The number of ether oxygens (including phenoxy) is 1. The van der Waals surface area contributed by atoms with Gasteiger partial charge >= 0.3 is 0 Å². The Kier molecular flexibility index (Phi) is 13.4. The third kappa shape index (κ3) is 9.74. The smallest absolute Gasteiger partial charge is 0.245 e. The Balaban J connectivity index is 3.14. The first-order valence-corrected chi connectivity index (χ1v) is 14.5. The second-order valence-corrected chi connectivity index (χ2v) is 12.2. The molecule has 1 rings (SSSR count). The molecule has 1 aliphatic heterocycles. The number of nitrogens with one attached hydrogen (secondary N) is 3. The number of aliphatic hydroxyl groups excluding tert-OH is 1. The molecule has 39 heavy (non-hydrogen) atoms. The number of hydrogen-bond donors (Lipinski definition) is 4. The molecule has 0 aromatic carbocycles. The minimum absolute atomic E-state index is 0.0390. The van der Waals surface area contributed by atoms with Crippen LogP contribution in [-0.4, -0.2) is 83.2 Å². The van der Waals surface area contributed by atoms with Crippen LogP contribution in [0.25, 0.3) is 0 Å². The number of hydrogen-bond acceptors (Lipinski definition) is 6. The van der Waals surface area contributed by atoms with E-state index in [4.69, 9.17) is 4.74 Å². The van der Waals surface area contributed by atoms with E-state index >= 15 is 0 Å². The molecule has 1 fully saturated rings. The Labute approximate surface area is 235 Å². The summed E-state index contributed by atoms with van der Waals surface area (Å²) in [7, 11) is 1.58. The molecule has 9 atom stereocenters. The first-order valence-electron chi connectivity index (χ1n) is 14.5. The molecule has 0 radical (unpaired) electrons. The average molecular weight is 555 g/mol. The summed E-state index contributed by atoms with van der Waals surface area (Å²) < 4.78 is 5.62. The van der Waals surface area contributed by atoms with Gasteiger partial charge in [-0.15, -0.1) is 0 Å². The lowest BCUT2D eigenvalue weighted by Crippen LogP contribution is -2.62. The van der Waals surface area contributed by atoms with Crippen LogP contribution >= 0.6 is 0 Å². The van der Waals surface area contributed by atoms with Gasteiger partial charge in [0.2, 0.25) is 23.6 Å². The quantitative estimate of drug-likeness (QED) is 0.216. The summed E-state index contributed by atoms with van der Waals surface area (Å²) in [5, 5.41) is 19.1. The highest BCUT2D eigenvalue weighted by molar-refractivity contribution is 5.94. The summed E-state index contributed by atoms with van der Waals surface area (Å²) in [6, 6.07) is -3.10. The number of carbonyl (C=O) groups excluding carboxylic acids is 4. The lowest BCUT2D eigenvalue weighted by Gasteiger charge is -2.34. The van der Waals surface area contributed by atoms with Crippen LogP contribution in [0.4, 0.5) is 0 Å². The summed E-state index contributed by atoms with van der Waals surface area (Å²) >= 11 is 0. The largest absolute Gasteiger partial charge is 0.391 e. The van der Waals surface area contributed by atoms with Crippen LogP contribution in [0.2, 0.25) is 0 Å². The number of nitrogens with zero attached hydrogens (tertiary/aromatic N) is 1. The summed E-state index contributed by atoms with van der Waals surface area (Å²) in [5.41, 5.74) is -0.304. The van der Waals surface area contributed by atoms with Crippen molar-refractivity contribution >= 4 is 23.6 Å². The number of epoxide rings is 1. The van der Waals surface area contributed by atoms with Crippen molar-refractivity contribution in [1.82, 2.24) is 20.9 Å². The van der Waals surface area contributed by atoms with Crippen molar-refractivity contribution in [2.75, 3.05) is 13.7 Å². The highest BCUT2D eigenvalue weighted by Crippen LogP contribution is 2.38. The molecule has 226 valence electrons. The summed E-state index contributed by atoms with van der Waals surface area (Å²) in [6.45, 7) is 19.2. The maximum absolute atomic E-state index is 13.5. The van der Waals surface area contributed by atoms with Crippen LogP contribution in [0, 0.1) is 23.7 Å². The highest BCUT2D eigenvalue weighted by atomic mass is 16.6. The van der Waals surface area contributed by atoms with E-state index in [2.05, 4.69) is 29.8 Å². The zero-order valence-corrected chi connectivity index (χ0v) is 26.0. The van der Waals surface area contributed by atoms with Gasteiger partial charge in [-0.05, 0) is 38.0 Å². The van der Waals surface area contributed by atoms with E-state index < -0.39 is 42.0 Å². The molecule has 1 aliphatic rings. The van der Waals surface area contributed by atoms with Gasteiger partial charge in [-0.2, -0.15) is 0 Å². The first kappa shape index (κ1) is 34.8. The predicted octanol–water partition coefficient (Wildman–Crippen LogP) is 2.23. The van der Waals surface area contributed by atoms with Gasteiger partial charge in [0.15, 0.2) is 0 Å². The van der Waals surface area contributed by atoms with Gasteiger partial charge < -0.3 is 30.7 Å². The molecule has 0 aromatic rings. The van der Waals surface area contributed by atoms with Crippen molar-refractivity contribution in [3.05, 3.63) is 0 Å². The van der Waals surface area contributed by atoms with Crippen molar-refractivity contribution in [3.63, 3.8) is 0 Å². The number of aliphatic hydroxyl groups is 1. The molecule has 0 spiro atoms. The van der Waals surface area contributed by atoms with Gasteiger partial charge in [0.25, 0.3) is 0 Å².